The van der Waals surface area contributed by atoms with E-state index < -0.39 is 34.6 Å². The molecular weight excluding hydrogens is 464 g/mol. The maximum absolute atomic E-state index is 15.2. The van der Waals surface area contributed by atoms with E-state index in [1.54, 1.807) is 19.1 Å². The second-order valence-electron chi connectivity index (χ2n) is 10.4. The molecule has 5 heteroatoms. The van der Waals surface area contributed by atoms with Gasteiger partial charge in [-0.15, -0.1) is 0 Å². The molecule has 0 spiro atoms. The smallest absolute Gasteiger partial charge is 0.191 e. The van der Waals surface area contributed by atoms with Crippen LogP contribution in [0.5, 0.6) is 5.75 Å². The van der Waals surface area contributed by atoms with Crippen molar-refractivity contribution in [3.8, 4) is 16.9 Å². The Balaban J connectivity index is 1.47. The van der Waals surface area contributed by atoms with Crippen molar-refractivity contribution in [2.45, 2.75) is 71.1 Å². The van der Waals surface area contributed by atoms with Crippen LogP contribution in [0.15, 0.2) is 48.6 Å². The van der Waals surface area contributed by atoms with Crippen LogP contribution in [0.1, 0.15) is 76.7 Å². The molecule has 0 aliphatic heterocycles. The van der Waals surface area contributed by atoms with E-state index in [4.69, 9.17) is 4.74 Å². The Hall–Kier alpha value is -2.56. The lowest BCUT2D eigenvalue weighted by Gasteiger charge is -2.42. The predicted octanol–water partition coefficient (Wildman–Crippen LogP) is 9.52. The van der Waals surface area contributed by atoms with E-state index in [0.29, 0.717) is 17.4 Å². The van der Waals surface area contributed by atoms with Gasteiger partial charge in [0.2, 0.25) is 0 Å². The first kappa shape index (κ1) is 26.5. The third-order valence-electron chi connectivity index (χ3n) is 8.08. The zero-order valence-corrected chi connectivity index (χ0v) is 21.2. The van der Waals surface area contributed by atoms with Crippen LogP contribution in [-0.2, 0) is 0 Å². The Labute approximate surface area is 212 Å². The summed E-state index contributed by atoms with van der Waals surface area (Å²) in [6, 6.07) is 4.57. The summed E-state index contributed by atoms with van der Waals surface area (Å²) >= 11 is 0. The van der Waals surface area contributed by atoms with E-state index >= 15 is 8.78 Å². The molecule has 194 valence electrons. The Morgan fingerprint density at radius 2 is 1.42 bits per heavy atom. The van der Waals surface area contributed by atoms with Gasteiger partial charge < -0.3 is 4.74 Å². The maximum atomic E-state index is 15.2. The summed E-state index contributed by atoms with van der Waals surface area (Å²) in [6.07, 6.45) is 16.7. The monoisotopic (exact) mass is 500 g/mol. The number of fused-ring (bicyclic) bond motifs is 1. The molecule has 0 radical (unpaired) electrons. The molecule has 0 heterocycles. The second kappa shape index (κ2) is 12.1. The highest BCUT2D eigenvalue weighted by Crippen LogP contribution is 2.49. The Bertz CT molecular complexity index is 1060. The van der Waals surface area contributed by atoms with E-state index in [9.17, 15) is 8.78 Å². The number of benzene rings is 2. The molecule has 2 aromatic rings. The van der Waals surface area contributed by atoms with E-state index in [1.165, 1.54) is 37.8 Å². The van der Waals surface area contributed by atoms with Gasteiger partial charge in [-0.1, -0.05) is 30.7 Å². The van der Waals surface area contributed by atoms with Crippen molar-refractivity contribution < 1.29 is 22.3 Å². The predicted molar refractivity (Wildman–Crippen MR) is 137 cm³/mol. The number of allylic oxidation sites excluding steroid dienone is 3. The quantitative estimate of drug-likeness (QED) is 0.259. The molecule has 4 rings (SSSR count). The summed E-state index contributed by atoms with van der Waals surface area (Å²) in [7, 11) is 0. The van der Waals surface area contributed by atoms with Crippen molar-refractivity contribution in [1.29, 1.82) is 0 Å². The highest BCUT2D eigenvalue weighted by Gasteiger charge is 2.36. The van der Waals surface area contributed by atoms with Crippen molar-refractivity contribution >= 4 is 0 Å². The Kier molecular flexibility index (Phi) is 8.92. The van der Waals surface area contributed by atoms with Crippen LogP contribution in [0, 0.1) is 41.0 Å². The van der Waals surface area contributed by atoms with E-state index in [0.717, 1.165) is 43.7 Å². The molecular formula is C31H36F4O. The first-order valence-corrected chi connectivity index (χ1v) is 13.2. The molecule has 2 saturated carbocycles. The molecule has 2 fully saturated rings. The van der Waals surface area contributed by atoms with Gasteiger partial charge in [0.15, 0.2) is 17.4 Å². The molecule has 0 saturated heterocycles. The molecule has 1 nitrogen and oxygen atoms in total. The summed E-state index contributed by atoms with van der Waals surface area (Å²) < 4.78 is 64.4. The Morgan fingerprint density at radius 3 is 2.08 bits per heavy atom. The van der Waals surface area contributed by atoms with Gasteiger partial charge in [0.1, 0.15) is 18.2 Å². The molecule has 0 aromatic heterocycles. The van der Waals surface area contributed by atoms with Crippen molar-refractivity contribution in [1.82, 2.24) is 0 Å². The van der Waals surface area contributed by atoms with Crippen LogP contribution in [0.3, 0.4) is 0 Å². The van der Waals surface area contributed by atoms with E-state index in [1.807, 2.05) is 0 Å². The topological polar surface area (TPSA) is 9.23 Å². The lowest BCUT2D eigenvalue weighted by Crippen LogP contribution is -2.30. The first-order valence-electron chi connectivity index (χ1n) is 13.2. The average Bonchev–Trinajstić information content (AvgIpc) is 2.85. The van der Waals surface area contributed by atoms with Gasteiger partial charge in [0.05, 0.1) is 5.56 Å². The lowest BCUT2D eigenvalue weighted by atomic mass is 9.63. The molecule has 0 bridgehead atoms. The fourth-order valence-electron chi connectivity index (χ4n) is 6.22. The molecule has 4 unspecified atom stereocenters. The van der Waals surface area contributed by atoms with Gasteiger partial charge in [-0.2, -0.15) is 0 Å². The number of hydrogen-bond acceptors (Lipinski definition) is 1. The molecule has 0 amide bonds. The Morgan fingerprint density at radius 1 is 0.778 bits per heavy atom. The fraction of sp³-hybridized carbons (Fsp3) is 0.484. The van der Waals surface area contributed by atoms with Crippen LogP contribution in [0.4, 0.5) is 17.6 Å². The molecule has 4 atom stereocenters. The van der Waals surface area contributed by atoms with Crippen LogP contribution in [0.2, 0.25) is 0 Å². The number of ether oxygens (including phenoxy) is 1. The highest BCUT2D eigenvalue weighted by molar-refractivity contribution is 5.66. The molecule has 2 aromatic carbocycles. The zero-order valence-electron chi connectivity index (χ0n) is 21.2. The summed E-state index contributed by atoms with van der Waals surface area (Å²) in [5, 5.41) is 0. The van der Waals surface area contributed by atoms with E-state index in [2.05, 4.69) is 19.1 Å². The average molecular weight is 501 g/mol. The third kappa shape index (κ3) is 6.04. The molecule has 2 aliphatic carbocycles. The van der Waals surface area contributed by atoms with Crippen LogP contribution < -0.4 is 4.74 Å². The second-order valence-corrected chi connectivity index (χ2v) is 10.4. The lowest BCUT2D eigenvalue weighted by molar-refractivity contribution is 0.115. The number of hydrogen-bond donors (Lipinski definition) is 0. The van der Waals surface area contributed by atoms with Crippen LogP contribution >= 0.6 is 0 Å². The minimum absolute atomic E-state index is 0.00119. The molecule has 36 heavy (non-hydrogen) atoms. The summed E-state index contributed by atoms with van der Waals surface area (Å²) in [5.41, 5.74) is 0.0615. The van der Waals surface area contributed by atoms with Crippen molar-refractivity contribution in [2.75, 3.05) is 6.61 Å². The standard InChI is InChI=1S/C31H36F4O/c1-3-5-7-8-20-9-10-22-15-23(12-11-21(22)14-20)24-16-26(32)30(27(33)17-24)25-18-28(34)31(29(35)19-25)36-13-6-4-2/h3-6,16-23H,7-15H2,1-2H3/b5-3+,6-4+. The fourth-order valence-corrected chi connectivity index (χ4v) is 6.22. The number of rotatable bonds is 8. The number of halogens is 4. The minimum Gasteiger partial charge on any atom is -0.483 e. The zero-order chi connectivity index (χ0) is 25.7. The van der Waals surface area contributed by atoms with Crippen molar-refractivity contribution in [2.24, 2.45) is 17.8 Å². The van der Waals surface area contributed by atoms with Gasteiger partial charge in [-0.05, 0) is 118 Å². The summed E-state index contributed by atoms with van der Waals surface area (Å²) in [5.74, 6) is -1.91. The largest absolute Gasteiger partial charge is 0.483 e. The highest BCUT2D eigenvalue weighted by atomic mass is 19.1. The van der Waals surface area contributed by atoms with Crippen molar-refractivity contribution in [3.05, 3.63) is 77.4 Å². The van der Waals surface area contributed by atoms with Gasteiger partial charge >= 0.3 is 0 Å². The molecule has 0 N–H and O–H groups in total. The summed E-state index contributed by atoms with van der Waals surface area (Å²) in [6.45, 7) is 3.82. The van der Waals surface area contributed by atoms with Crippen molar-refractivity contribution in [3.63, 3.8) is 0 Å². The molecule has 2 aliphatic rings. The van der Waals surface area contributed by atoms with Crippen LogP contribution in [0.25, 0.3) is 11.1 Å². The van der Waals surface area contributed by atoms with Gasteiger partial charge in [0, 0.05) is 0 Å². The third-order valence-corrected chi connectivity index (χ3v) is 8.08. The van der Waals surface area contributed by atoms with Gasteiger partial charge in [-0.25, -0.2) is 17.6 Å². The maximum Gasteiger partial charge on any atom is 0.191 e. The normalized spacial score (nSPS) is 24.4. The SMILES string of the molecule is C/C=C/CCC1CCC2CC(c3cc(F)c(-c4cc(F)c(OC/C=C/C)c(F)c4)c(F)c3)CCC2C1. The van der Waals surface area contributed by atoms with Gasteiger partial charge in [-0.3, -0.25) is 0 Å². The summed E-state index contributed by atoms with van der Waals surface area (Å²) in [4.78, 5) is 0. The van der Waals surface area contributed by atoms with Gasteiger partial charge in [0.25, 0.3) is 0 Å². The minimum atomic E-state index is -0.989. The van der Waals surface area contributed by atoms with E-state index in [-0.39, 0.29) is 18.1 Å². The first-order chi connectivity index (χ1) is 17.4. The van der Waals surface area contributed by atoms with Crippen LogP contribution in [-0.4, -0.2) is 6.61 Å².